The zero-order valence-corrected chi connectivity index (χ0v) is 12.7. The van der Waals surface area contributed by atoms with E-state index >= 15 is 0 Å². The van der Waals surface area contributed by atoms with Crippen LogP contribution in [0.2, 0.25) is 0 Å². The Bertz CT molecular complexity index is 525. The predicted octanol–water partition coefficient (Wildman–Crippen LogP) is 1.58. The molecule has 0 aliphatic carbocycles. The van der Waals surface area contributed by atoms with Crippen LogP contribution in [0.15, 0.2) is 12.1 Å². The maximum Gasteiger partial charge on any atom is 0.254 e. The van der Waals surface area contributed by atoms with Crippen LogP contribution in [0, 0.1) is 0 Å². The monoisotopic (exact) mass is 294 g/mol. The largest absolute Gasteiger partial charge is 0.497 e. The highest BCUT2D eigenvalue weighted by molar-refractivity contribution is 6.01. The first-order valence-electron chi connectivity index (χ1n) is 6.91. The van der Waals surface area contributed by atoms with Gasteiger partial charge in [0.2, 0.25) is 0 Å². The molecule has 1 heterocycles. The molecule has 21 heavy (non-hydrogen) atoms. The van der Waals surface area contributed by atoms with E-state index in [1.807, 2.05) is 6.92 Å². The van der Waals surface area contributed by atoms with E-state index in [1.165, 1.54) is 14.2 Å². The van der Waals surface area contributed by atoms with Crippen LogP contribution < -0.4 is 20.5 Å². The van der Waals surface area contributed by atoms with Gasteiger partial charge in [-0.25, -0.2) is 0 Å². The molecule has 2 rings (SSSR count). The van der Waals surface area contributed by atoms with Crippen molar-refractivity contribution in [3.8, 4) is 11.5 Å². The molecule has 1 atom stereocenters. The fourth-order valence-corrected chi connectivity index (χ4v) is 2.45. The zero-order valence-electron chi connectivity index (χ0n) is 12.7. The maximum absolute atomic E-state index is 12.5. The van der Waals surface area contributed by atoms with Crippen LogP contribution in [0.5, 0.6) is 11.5 Å². The fourth-order valence-electron chi connectivity index (χ4n) is 2.45. The second kappa shape index (κ2) is 6.22. The third kappa shape index (κ3) is 3.39. The highest BCUT2D eigenvalue weighted by Crippen LogP contribution is 2.31. The SMILES string of the molecule is COc1cc(OC)c(N)c(C(=O)NC2(C)CCCOC2)c1. The van der Waals surface area contributed by atoms with Crippen LogP contribution in [-0.2, 0) is 4.74 Å². The summed E-state index contributed by atoms with van der Waals surface area (Å²) in [6, 6.07) is 3.26. The Morgan fingerprint density at radius 1 is 1.38 bits per heavy atom. The standard InChI is InChI=1S/C15H22N2O4/c1-15(5-4-6-21-9-15)17-14(18)11-7-10(19-2)8-12(20-3)13(11)16/h7-8H,4-6,9,16H2,1-3H3,(H,17,18). The number of anilines is 1. The minimum absolute atomic E-state index is 0.252. The molecular formula is C15H22N2O4. The zero-order chi connectivity index (χ0) is 15.5. The molecule has 1 aromatic rings. The molecule has 1 saturated heterocycles. The second-order valence-corrected chi connectivity index (χ2v) is 5.46. The molecule has 1 aliphatic rings. The molecule has 6 heteroatoms. The summed E-state index contributed by atoms with van der Waals surface area (Å²) in [5.74, 6) is 0.693. The van der Waals surface area contributed by atoms with Gasteiger partial charge in [0.05, 0.1) is 37.6 Å². The van der Waals surface area contributed by atoms with Gasteiger partial charge in [-0.2, -0.15) is 0 Å². The van der Waals surface area contributed by atoms with Gasteiger partial charge >= 0.3 is 0 Å². The minimum Gasteiger partial charge on any atom is -0.497 e. The number of nitrogens with two attached hydrogens (primary N) is 1. The Balaban J connectivity index is 2.25. The summed E-state index contributed by atoms with van der Waals surface area (Å²) in [7, 11) is 3.03. The van der Waals surface area contributed by atoms with Gasteiger partial charge in [-0.05, 0) is 25.8 Å². The number of nitrogen functional groups attached to an aromatic ring is 1. The smallest absolute Gasteiger partial charge is 0.254 e. The number of ether oxygens (including phenoxy) is 3. The molecule has 0 spiro atoms. The van der Waals surface area contributed by atoms with E-state index in [0.29, 0.717) is 29.4 Å². The summed E-state index contributed by atoms with van der Waals surface area (Å²) in [5.41, 5.74) is 6.26. The minimum atomic E-state index is -0.377. The third-order valence-electron chi connectivity index (χ3n) is 3.67. The summed E-state index contributed by atoms with van der Waals surface area (Å²) >= 11 is 0. The molecule has 0 aromatic heterocycles. The van der Waals surface area contributed by atoms with Gasteiger partial charge in [-0.3, -0.25) is 4.79 Å². The first-order chi connectivity index (χ1) is 9.99. The molecule has 1 amide bonds. The topological polar surface area (TPSA) is 82.8 Å². The predicted molar refractivity (Wildman–Crippen MR) is 79.9 cm³/mol. The number of nitrogens with one attached hydrogen (secondary N) is 1. The lowest BCUT2D eigenvalue weighted by atomic mass is 9.94. The van der Waals surface area contributed by atoms with Crippen LogP contribution in [0.1, 0.15) is 30.1 Å². The second-order valence-electron chi connectivity index (χ2n) is 5.46. The lowest BCUT2D eigenvalue weighted by Crippen LogP contribution is -2.51. The van der Waals surface area contributed by atoms with Crippen LogP contribution in [-0.4, -0.2) is 38.9 Å². The van der Waals surface area contributed by atoms with Gasteiger partial charge in [0.1, 0.15) is 11.5 Å². The van der Waals surface area contributed by atoms with Crippen LogP contribution in [0.3, 0.4) is 0 Å². The first-order valence-corrected chi connectivity index (χ1v) is 6.91. The van der Waals surface area contributed by atoms with Crippen LogP contribution in [0.4, 0.5) is 5.69 Å². The van der Waals surface area contributed by atoms with Crippen molar-refractivity contribution in [3.63, 3.8) is 0 Å². The van der Waals surface area contributed by atoms with Crippen molar-refractivity contribution in [2.75, 3.05) is 33.2 Å². The molecule has 1 unspecified atom stereocenters. The summed E-state index contributed by atoms with van der Waals surface area (Å²) < 4.78 is 15.8. The van der Waals surface area contributed by atoms with E-state index < -0.39 is 0 Å². The molecule has 0 radical (unpaired) electrons. The van der Waals surface area contributed by atoms with E-state index in [4.69, 9.17) is 19.9 Å². The summed E-state index contributed by atoms with van der Waals surface area (Å²) in [6.07, 6.45) is 1.80. The van der Waals surface area contributed by atoms with Crippen molar-refractivity contribution in [1.29, 1.82) is 0 Å². The Morgan fingerprint density at radius 2 is 2.14 bits per heavy atom. The molecule has 3 N–H and O–H groups in total. The van der Waals surface area contributed by atoms with Crippen molar-refractivity contribution >= 4 is 11.6 Å². The molecular weight excluding hydrogens is 272 g/mol. The maximum atomic E-state index is 12.5. The number of rotatable bonds is 4. The Kier molecular flexibility index (Phi) is 4.57. The van der Waals surface area contributed by atoms with Crippen LogP contribution in [0.25, 0.3) is 0 Å². The number of carbonyl (C=O) groups excluding carboxylic acids is 1. The third-order valence-corrected chi connectivity index (χ3v) is 3.67. The van der Waals surface area contributed by atoms with Gasteiger partial charge < -0.3 is 25.3 Å². The lowest BCUT2D eigenvalue weighted by Gasteiger charge is -2.34. The number of hydrogen-bond acceptors (Lipinski definition) is 5. The molecule has 116 valence electrons. The number of hydrogen-bond donors (Lipinski definition) is 2. The quantitative estimate of drug-likeness (QED) is 0.824. The van der Waals surface area contributed by atoms with Gasteiger partial charge in [-0.15, -0.1) is 0 Å². The van der Waals surface area contributed by atoms with Crippen molar-refractivity contribution in [2.45, 2.75) is 25.3 Å². The summed E-state index contributed by atoms with van der Waals surface area (Å²) in [5, 5.41) is 3.00. The van der Waals surface area contributed by atoms with E-state index in [2.05, 4.69) is 5.32 Å². The molecule has 6 nitrogen and oxygen atoms in total. The highest BCUT2D eigenvalue weighted by Gasteiger charge is 2.30. The van der Waals surface area contributed by atoms with Gasteiger partial charge in [0.25, 0.3) is 5.91 Å². The van der Waals surface area contributed by atoms with E-state index in [0.717, 1.165) is 19.4 Å². The van der Waals surface area contributed by atoms with Crippen LogP contribution >= 0.6 is 0 Å². The lowest BCUT2D eigenvalue weighted by molar-refractivity contribution is 0.0273. The van der Waals surface area contributed by atoms with Gasteiger partial charge in [0.15, 0.2) is 0 Å². The average molecular weight is 294 g/mol. The van der Waals surface area contributed by atoms with Gasteiger partial charge in [0, 0.05) is 12.7 Å². The van der Waals surface area contributed by atoms with Gasteiger partial charge in [-0.1, -0.05) is 0 Å². The molecule has 0 saturated carbocycles. The van der Waals surface area contributed by atoms with E-state index in [-0.39, 0.29) is 11.4 Å². The Morgan fingerprint density at radius 3 is 2.71 bits per heavy atom. The van der Waals surface area contributed by atoms with E-state index in [1.54, 1.807) is 12.1 Å². The number of methoxy groups -OCH3 is 2. The summed E-state index contributed by atoms with van der Waals surface area (Å²) in [6.45, 7) is 3.21. The van der Waals surface area contributed by atoms with Crippen molar-refractivity contribution in [2.24, 2.45) is 0 Å². The van der Waals surface area contributed by atoms with Crippen molar-refractivity contribution < 1.29 is 19.0 Å². The number of carbonyl (C=O) groups is 1. The normalized spacial score (nSPS) is 21.7. The number of benzene rings is 1. The van der Waals surface area contributed by atoms with E-state index in [9.17, 15) is 4.79 Å². The molecule has 1 fully saturated rings. The Hall–Kier alpha value is -1.95. The molecule has 1 aliphatic heterocycles. The number of amides is 1. The Labute approximate surface area is 124 Å². The first kappa shape index (κ1) is 15.4. The average Bonchev–Trinajstić information content (AvgIpc) is 2.47. The molecule has 1 aromatic carbocycles. The summed E-state index contributed by atoms with van der Waals surface area (Å²) in [4.78, 5) is 12.5. The fraction of sp³-hybridized carbons (Fsp3) is 0.533. The highest BCUT2D eigenvalue weighted by atomic mass is 16.5. The van der Waals surface area contributed by atoms with Crippen molar-refractivity contribution in [3.05, 3.63) is 17.7 Å². The molecule has 0 bridgehead atoms. The van der Waals surface area contributed by atoms with Crippen molar-refractivity contribution in [1.82, 2.24) is 5.32 Å².